The molecule has 0 aromatic heterocycles. The van der Waals surface area contributed by atoms with Crippen LogP contribution in [0.5, 0.6) is 0 Å². The number of nitriles is 2. The Morgan fingerprint density at radius 1 is 1.62 bits per heavy atom. The molecule has 0 bridgehead atoms. The van der Waals surface area contributed by atoms with Crippen LogP contribution < -0.4 is 0 Å². The van der Waals surface area contributed by atoms with E-state index in [1.807, 2.05) is 0 Å². The highest BCUT2D eigenvalue weighted by molar-refractivity contribution is 8.06. The number of thioether (sulfide) groups is 1. The van der Waals surface area contributed by atoms with Gasteiger partial charge in [0.15, 0.2) is 0 Å². The van der Waals surface area contributed by atoms with E-state index in [0.717, 1.165) is 11.8 Å². The second-order valence-electron chi connectivity index (χ2n) is 0.787. The topological polar surface area (TPSA) is 47.6 Å². The highest BCUT2D eigenvalue weighted by Gasteiger charge is 1.83. The van der Waals surface area contributed by atoms with Crippen molar-refractivity contribution in [2.75, 3.05) is 0 Å². The average molecular weight is 145 g/mol. The second kappa shape index (κ2) is 4.52. The zero-order valence-corrected chi connectivity index (χ0v) is 5.33. The summed E-state index contributed by atoms with van der Waals surface area (Å²) in [5.41, 5.74) is 0. The van der Waals surface area contributed by atoms with Crippen molar-refractivity contribution in [1.29, 1.82) is 10.5 Å². The Balaban J connectivity index is 3.67. The minimum atomic E-state index is 0.0385. The predicted octanol–water partition coefficient (Wildman–Crippen LogP) is 1.80. The van der Waals surface area contributed by atoms with Crippen LogP contribution in [0.1, 0.15) is 0 Å². The van der Waals surface area contributed by atoms with Crippen LogP contribution in [0.25, 0.3) is 0 Å². The van der Waals surface area contributed by atoms with Gasteiger partial charge in [0.05, 0.1) is 0 Å². The van der Waals surface area contributed by atoms with Crippen LogP contribution in [-0.2, 0) is 0 Å². The fraction of sp³-hybridized carbons (Fsp3) is 0. The highest BCUT2D eigenvalue weighted by atomic mass is 35.5. The van der Waals surface area contributed by atoms with E-state index in [0.29, 0.717) is 0 Å². The van der Waals surface area contributed by atoms with Crippen LogP contribution in [0.15, 0.2) is 10.4 Å². The molecule has 0 amide bonds. The molecule has 2 nitrogen and oxygen atoms in total. The molecule has 0 aliphatic heterocycles. The van der Waals surface area contributed by atoms with Gasteiger partial charge in [-0.2, -0.15) is 10.5 Å². The number of halogens is 1. The van der Waals surface area contributed by atoms with Gasteiger partial charge in [-0.25, -0.2) is 0 Å². The summed E-state index contributed by atoms with van der Waals surface area (Å²) in [6, 6.07) is 1.65. The zero-order chi connectivity index (χ0) is 6.41. The van der Waals surface area contributed by atoms with Gasteiger partial charge < -0.3 is 0 Å². The number of thiocyanates is 1. The molecule has 40 valence electrons. The molecule has 0 fully saturated rings. The molecule has 0 atom stereocenters. The first-order valence-corrected chi connectivity index (χ1v) is 2.87. The number of hydrogen-bond donors (Lipinski definition) is 0. The lowest BCUT2D eigenvalue weighted by Gasteiger charge is -1.72. The molecule has 8 heavy (non-hydrogen) atoms. The van der Waals surface area contributed by atoms with Crippen LogP contribution in [0, 0.1) is 22.0 Å². The number of allylic oxidation sites excluding steroid dienone is 1. The first-order valence-electron chi connectivity index (χ1n) is 1.61. The average Bonchev–Trinajstić information content (AvgIpc) is 1.83. The van der Waals surface area contributed by atoms with E-state index in [4.69, 9.17) is 22.1 Å². The summed E-state index contributed by atoms with van der Waals surface area (Å²) in [6.07, 6.45) is 0. The Labute approximate surface area is 56.4 Å². The van der Waals surface area contributed by atoms with Gasteiger partial charge in [0.1, 0.15) is 16.5 Å². The van der Waals surface area contributed by atoms with Gasteiger partial charge in [0, 0.05) is 5.41 Å². The second-order valence-corrected chi connectivity index (χ2v) is 1.85. The molecule has 0 heterocycles. The van der Waals surface area contributed by atoms with Gasteiger partial charge in [0.2, 0.25) is 0 Å². The SMILES string of the molecule is N#CS/C=C(\Cl)C#N. The summed E-state index contributed by atoms with van der Waals surface area (Å²) in [6.45, 7) is 0. The van der Waals surface area contributed by atoms with Crippen LogP contribution in [0.3, 0.4) is 0 Å². The van der Waals surface area contributed by atoms with Crippen molar-refractivity contribution in [2.45, 2.75) is 0 Å². The Bertz CT molecular complexity index is 173. The molecule has 0 saturated carbocycles. The molecule has 0 aliphatic carbocycles. The summed E-state index contributed by atoms with van der Waals surface area (Å²) in [5, 5.41) is 19.0. The van der Waals surface area contributed by atoms with Crippen molar-refractivity contribution in [1.82, 2.24) is 0 Å². The summed E-state index contributed by atoms with van der Waals surface area (Å²) < 4.78 is 0. The molecule has 0 spiro atoms. The maximum atomic E-state index is 7.99. The summed E-state index contributed by atoms with van der Waals surface area (Å²) >= 11 is 6.00. The molecule has 0 aliphatic rings. The van der Waals surface area contributed by atoms with Gasteiger partial charge in [-0.3, -0.25) is 0 Å². The van der Waals surface area contributed by atoms with E-state index in [1.54, 1.807) is 11.5 Å². The van der Waals surface area contributed by atoms with Gasteiger partial charge in [-0.05, 0) is 11.8 Å². The number of nitrogens with zero attached hydrogens (tertiary/aromatic N) is 2. The molecule has 0 aromatic rings. The lowest BCUT2D eigenvalue weighted by molar-refractivity contribution is 1.53. The van der Waals surface area contributed by atoms with Crippen LogP contribution in [-0.4, -0.2) is 0 Å². The standard InChI is InChI=1S/C4HClN2S/c5-4(1-6)2-8-3-7/h2H/b4-2-. The lowest BCUT2D eigenvalue weighted by Crippen LogP contribution is -1.54. The van der Waals surface area contributed by atoms with E-state index in [2.05, 4.69) is 0 Å². The van der Waals surface area contributed by atoms with Crippen molar-refractivity contribution in [3.05, 3.63) is 10.4 Å². The highest BCUT2D eigenvalue weighted by Crippen LogP contribution is 2.06. The molecular weight excluding hydrogens is 144 g/mol. The molecule has 0 aromatic carbocycles. The summed E-state index contributed by atoms with van der Waals surface area (Å²) in [4.78, 5) is 0. The van der Waals surface area contributed by atoms with E-state index in [-0.39, 0.29) is 5.03 Å². The third-order valence-corrected chi connectivity index (χ3v) is 1.10. The molecule has 0 saturated heterocycles. The fourth-order valence-electron chi connectivity index (χ4n) is 0.104. The first kappa shape index (κ1) is 7.36. The number of rotatable bonds is 1. The van der Waals surface area contributed by atoms with Crippen LogP contribution >= 0.6 is 23.4 Å². The third kappa shape index (κ3) is 3.55. The van der Waals surface area contributed by atoms with Crippen molar-refractivity contribution in [3.63, 3.8) is 0 Å². The molecule has 4 heteroatoms. The zero-order valence-electron chi connectivity index (χ0n) is 3.76. The van der Waals surface area contributed by atoms with Crippen molar-refractivity contribution in [3.8, 4) is 11.5 Å². The quantitative estimate of drug-likeness (QED) is 0.417. The van der Waals surface area contributed by atoms with Crippen molar-refractivity contribution in [2.24, 2.45) is 0 Å². The van der Waals surface area contributed by atoms with E-state index >= 15 is 0 Å². The lowest BCUT2D eigenvalue weighted by atomic mass is 10.7. The molecule has 0 radical (unpaired) electrons. The molecule has 0 rings (SSSR count). The number of hydrogen-bond acceptors (Lipinski definition) is 3. The summed E-state index contributed by atoms with van der Waals surface area (Å²) in [5.74, 6) is 0. The minimum absolute atomic E-state index is 0.0385. The van der Waals surface area contributed by atoms with E-state index in [9.17, 15) is 0 Å². The Hall–Kier alpha value is -0.640. The maximum Gasteiger partial charge on any atom is 0.138 e. The molecular formula is C4HClN2S. The van der Waals surface area contributed by atoms with Crippen molar-refractivity contribution < 1.29 is 0 Å². The van der Waals surface area contributed by atoms with Gasteiger partial charge in [-0.15, -0.1) is 0 Å². The molecule has 0 N–H and O–H groups in total. The van der Waals surface area contributed by atoms with Crippen LogP contribution in [0.4, 0.5) is 0 Å². The molecule has 0 unspecified atom stereocenters. The van der Waals surface area contributed by atoms with E-state index < -0.39 is 0 Å². The summed E-state index contributed by atoms with van der Waals surface area (Å²) in [7, 11) is 0. The Morgan fingerprint density at radius 3 is 2.62 bits per heavy atom. The largest absolute Gasteiger partial charge is 0.191 e. The minimum Gasteiger partial charge on any atom is -0.191 e. The normalized spacial score (nSPS) is 9.62. The Kier molecular flexibility index (Phi) is 4.16. The van der Waals surface area contributed by atoms with Crippen LogP contribution in [0.2, 0.25) is 0 Å². The van der Waals surface area contributed by atoms with Crippen molar-refractivity contribution >= 4 is 23.4 Å². The monoisotopic (exact) mass is 144 g/mol. The Morgan fingerprint density at radius 2 is 2.25 bits per heavy atom. The van der Waals surface area contributed by atoms with Gasteiger partial charge in [0.25, 0.3) is 0 Å². The maximum absolute atomic E-state index is 7.99. The van der Waals surface area contributed by atoms with Gasteiger partial charge >= 0.3 is 0 Å². The van der Waals surface area contributed by atoms with E-state index in [1.165, 1.54) is 5.41 Å². The predicted molar refractivity (Wildman–Crippen MR) is 32.8 cm³/mol. The third-order valence-electron chi connectivity index (χ3n) is 0.322. The smallest absolute Gasteiger partial charge is 0.138 e. The first-order chi connectivity index (χ1) is 3.81. The van der Waals surface area contributed by atoms with Gasteiger partial charge in [-0.1, -0.05) is 11.6 Å². The fourth-order valence-corrected chi connectivity index (χ4v) is 0.447.